The predicted octanol–water partition coefficient (Wildman–Crippen LogP) is 4.49. The first kappa shape index (κ1) is 20.8. The molecule has 0 spiro atoms. The van der Waals surface area contributed by atoms with E-state index in [1.165, 1.54) is 27.1 Å². The van der Waals surface area contributed by atoms with Gasteiger partial charge in [-0.1, -0.05) is 18.2 Å². The number of hydrogen-bond acceptors (Lipinski definition) is 6. The standard InChI is InChI=1S/C24H21N3O3S2/c1-30-16-8-6-15(7-9-16)21-12-19-23(32-21)24(29)27(14-25-19)13-22(28)26-18-10-11-31-20-5-3-2-4-17(18)20/h2-9,12,14,18H,10-11,13H2,1H3,(H,26,28)/t18-/m0/s1. The first-order valence-electron chi connectivity index (χ1n) is 10.3. The highest BCUT2D eigenvalue weighted by atomic mass is 32.2. The van der Waals surface area contributed by atoms with Crippen LogP contribution in [0.5, 0.6) is 5.75 Å². The van der Waals surface area contributed by atoms with Crippen LogP contribution in [0.15, 0.2) is 70.6 Å². The van der Waals surface area contributed by atoms with Gasteiger partial charge in [0.25, 0.3) is 5.56 Å². The van der Waals surface area contributed by atoms with Gasteiger partial charge in [-0.15, -0.1) is 23.1 Å². The molecule has 1 amide bonds. The maximum Gasteiger partial charge on any atom is 0.271 e. The third-order valence-corrected chi connectivity index (χ3v) is 7.77. The van der Waals surface area contributed by atoms with E-state index in [4.69, 9.17) is 4.74 Å². The Morgan fingerprint density at radius 1 is 1.22 bits per heavy atom. The van der Waals surface area contributed by atoms with E-state index >= 15 is 0 Å². The molecular weight excluding hydrogens is 442 g/mol. The number of amides is 1. The Hall–Kier alpha value is -3.10. The number of hydrogen-bond donors (Lipinski definition) is 1. The first-order chi connectivity index (χ1) is 15.6. The molecule has 6 nitrogen and oxygen atoms in total. The van der Waals surface area contributed by atoms with Crippen molar-refractivity contribution in [3.05, 3.63) is 76.8 Å². The van der Waals surface area contributed by atoms with Crippen LogP contribution in [0.3, 0.4) is 0 Å². The maximum atomic E-state index is 13.0. The van der Waals surface area contributed by atoms with Crippen LogP contribution in [0.1, 0.15) is 18.0 Å². The monoisotopic (exact) mass is 463 g/mol. The van der Waals surface area contributed by atoms with Crippen LogP contribution in [0.25, 0.3) is 20.7 Å². The normalized spacial score (nSPS) is 15.3. The number of carbonyl (C=O) groups is 1. The highest BCUT2D eigenvalue weighted by molar-refractivity contribution is 7.99. The molecule has 2 aromatic heterocycles. The smallest absolute Gasteiger partial charge is 0.271 e. The van der Waals surface area contributed by atoms with Gasteiger partial charge in [-0.25, -0.2) is 4.98 Å². The van der Waals surface area contributed by atoms with E-state index in [1.54, 1.807) is 7.11 Å². The van der Waals surface area contributed by atoms with Crippen LogP contribution in [-0.2, 0) is 11.3 Å². The average Bonchev–Trinajstić information content (AvgIpc) is 3.26. The lowest BCUT2D eigenvalue weighted by atomic mass is 10.0. The van der Waals surface area contributed by atoms with Gasteiger partial charge in [-0.3, -0.25) is 14.2 Å². The summed E-state index contributed by atoms with van der Waals surface area (Å²) in [4.78, 5) is 32.4. The highest BCUT2D eigenvalue weighted by Crippen LogP contribution is 2.36. The largest absolute Gasteiger partial charge is 0.497 e. The van der Waals surface area contributed by atoms with E-state index in [1.807, 2.05) is 54.2 Å². The van der Waals surface area contributed by atoms with Crippen LogP contribution in [0.4, 0.5) is 0 Å². The molecule has 162 valence electrons. The number of carbonyl (C=O) groups excluding carboxylic acids is 1. The second-order valence-corrected chi connectivity index (χ2v) is 9.72. The fourth-order valence-corrected chi connectivity index (χ4v) is 6.03. The van der Waals surface area contributed by atoms with Crippen molar-refractivity contribution in [2.45, 2.75) is 23.9 Å². The maximum absolute atomic E-state index is 13.0. The van der Waals surface area contributed by atoms with E-state index in [9.17, 15) is 9.59 Å². The number of fused-ring (bicyclic) bond motifs is 2. The summed E-state index contributed by atoms with van der Waals surface area (Å²) in [6.07, 6.45) is 2.33. The molecule has 4 aromatic rings. The molecule has 0 fully saturated rings. The van der Waals surface area contributed by atoms with Crippen molar-refractivity contribution in [1.82, 2.24) is 14.9 Å². The number of ether oxygens (including phenoxy) is 1. The molecule has 0 saturated carbocycles. The molecule has 5 rings (SSSR count). The first-order valence-corrected chi connectivity index (χ1v) is 12.1. The fourth-order valence-electron chi connectivity index (χ4n) is 3.84. The second kappa shape index (κ2) is 8.80. The molecule has 2 aromatic carbocycles. The number of aromatic nitrogens is 2. The lowest BCUT2D eigenvalue weighted by molar-refractivity contribution is -0.122. The Morgan fingerprint density at radius 3 is 2.84 bits per heavy atom. The van der Waals surface area contributed by atoms with Crippen LogP contribution in [0, 0.1) is 0 Å². The van der Waals surface area contributed by atoms with Crippen molar-refractivity contribution in [2.24, 2.45) is 0 Å². The van der Waals surface area contributed by atoms with Crippen molar-refractivity contribution < 1.29 is 9.53 Å². The number of nitrogens with one attached hydrogen (secondary N) is 1. The van der Waals surface area contributed by atoms with Crippen LogP contribution in [-0.4, -0.2) is 28.3 Å². The van der Waals surface area contributed by atoms with Crippen molar-refractivity contribution >= 4 is 39.2 Å². The average molecular weight is 464 g/mol. The third kappa shape index (κ3) is 4.03. The molecule has 3 heterocycles. The summed E-state index contributed by atoms with van der Waals surface area (Å²) in [6, 6.07) is 17.7. The molecule has 1 N–H and O–H groups in total. The van der Waals surface area contributed by atoms with Gasteiger partial charge in [0, 0.05) is 15.5 Å². The fraction of sp³-hybridized carbons (Fsp3) is 0.208. The zero-order valence-electron chi connectivity index (χ0n) is 17.4. The lowest BCUT2D eigenvalue weighted by Gasteiger charge is -2.26. The van der Waals surface area contributed by atoms with Crippen molar-refractivity contribution in [3.63, 3.8) is 0 Å². The van der Waals surface area contributed by atoms with Crippen molar-refractivity contribution in [2.75, 3.05) is 12.9 Å². The molecule has 0 bridgehead atoms. The molecule has 32 heavy (non-hydrogen) atoms. The molecule has 0 unspecified atom stereocenters. The van der Waals surface area contributed by atoms with E-state index < -0.39 is 0 Å². The number of thioether (sulfide) groups is 1. The summed E-state index contributed by atoms with van der Waals surface area (Å²) in [7, 11) is 1.63. The summed E-state index contributed by atoms with van der Waals surface area (Å²) in [6.45, 7) is -0.0522. The summed E-state index contributed by atoms with van der Waals surface area (Å²) >= 11 is 3.19. The van der Waals surface area contributed by atoms with Gasteiger partial charge < -0.3 is 10.1 Å². The third-order valence-electron chi connectivity index (χ3n) is 5.49. The Balaban J connectivity index is 1.36. The van der Waals surface area contributed by atoms with Crippen molar-refractivity contribution in [1.29, 1.82) is 0 Å². The molecule has 0 radical (unpaired) electrons. The lowest BCUT2D eigenvalue weighted by Crippen LogP contribution is -2.35. The van der Waals surface area contributed by atoms with Gasteiger partial charge in [0.15, 0.2) is 0 Å². The Labute approximate surface area is 193 Å². The van der Waals surface area contributed by atoms with Crippen LogP contribution in [0.2, 0.25) is 0 Å². The number of methoxy groups -OCH3 is 1. The van der Waals surface area contributed by atoms with Crippen molar-refractivity contribution in [3.8, 4) is 16.2 Å². The Morgan fingerprint density at radius 2 is 2.03 bits per heavy atom. The summed E-state index contributed by atoms with van der Waals surface area (Å²) in [5.74, 6) is 1.55. The molecule has 0 aliphatic carbocycles. The highest BCUT2D eigenvalue weighted by Gasteiger charge is 2.22. The van der Waals surface area contributed by atoms with Crippen LogP contribution < -0.4 is 15.6 Å². The second-order valence-electron chi connectivity index (χ2n) is 7.53. The van der Waals surface area contributed by atoms with Gasteiger partial charge >= 0.3 is 0 Å². The van der Waals surface area contributed by atoms with Gasteiger partial charge in [-0.05, 0) is 53.9 Å². The van der Waals surface area contributed by atoms with Gasteiger partial charge in [0.2, 0.25) is 5.91 Å². The van der Waals surface area contributed by atoms with E-state index in [2.05, 4.69) is 22.4 Å². The molecule has 1 aliphatic rings. The van der Waals surface area contributed by atoms with Gasteiger partial charge in [-0.2, -0.15) is 0 Å². The Bertz CT molecular complexity index is 1340. The molecule has 8 heteroatoms. The predicted molar refractivity (Wildman–Crippen MR) is 129 cm³/mol. The van der Waals surface area contributed by atoms with E-state index in [0.29, 0.717) is 10.2 Å². The number of thiophene rings is 1. The zero-order valence-corrected chi connectivity index (χ0v) is 19.0. The van der Waals surface area contributed by atoms with E-state index in [0.717, 1.165) is 33.9 Å². The number of nitrogens with zero attached hydrogens (tertiary/aromatic N) is 2. The molecular formula is C24H21N3O3S2. The summed E-state index contributed by atoms with van der Waals surface area (Å²) in [5.41, 5.74) is 2.57. The number of benzene rings is 2. The topological polar surface area (TPSA) is 73.2 Å². The van der Waals surface area contributed by atoms with Crippen LogP contribution >= 0.6 is 23.1 Å². The quantitative estimate of drug-likeness (QED) is 0.472. The molecule has 1 atom stereocenters. The zero-order chi connectivity index (χ0) is 22.1. The summed E-state index contributed by atoms with van der Waals surface area (Å²) < 4.78 is 7.14. The Kier molecular flexibility index (Phi) is 5.71. The van der Waals surface area contributed by atoms with Gasteiger partial charge in [0.1, 0.15) is 17.0 Å². The molecule has 0 saturated heterocycles. The minimum atomic E-state index is -0.200. The SMILES string of the molecule is COc1ccc(-c2cc3ncn(CC(=O)N[C@H]4CCSc5ccccc54)c(=O)c3s2)cc1. The minimum Gasteiger partial charge on any atom is -0.497 e. The summed E-state index contributed by atoms with van der Waals surface area (Å²) in [5, 5.41) is 3.09. The van der Waals surface area contributed by atoms with Gasteiger partial charge in [0.05, 0.1) is 25.0 Å². The number of rotatable bonds is 5. The minimum absolute atomic E-state index is 0.0317. The van der Waals surface area contributed by atoms with E-state index in [-0.39, 0.29) is 24.1 Å². The molecule has 1 aliphatic heterocycles.